The molecule has 114 valence electrons. The Morgan fingerprint density at radius 2 is 2.10 bits per heavy atom. The molecule has 21 heavy (non-hydrogen) atoms. The summed E-state index contributed by atoms with van der Waals surface area (Å²) >= 11 is 3.05. The van der Waals surface area contributed by atoms with Crippen LogP contribution in [0.2, 0.25) is 0 Å². The Bertz CT molecular complexity index is 633. The SMILES string of the molecule is CC1=NN(C(=O)c2cc(Br)ccc2O)C(O)(C(F)(F)F)C1. The molecule has 0 spiro atoms. The van der Waals surface area contributed by atoms with Gasteiger partial charge in [0.25, 0.3) is 11.6 Å². The summed E-state index contributed by atoms with van der Waals surface area (Å²) in [5.41, 5.74) is -3.86. The van der Waals surface area contributed by atoms with Crippen molar-refractivity contribution in [2.75, 3.05) is 0 Å². The Balaban J connectivity index is 2.48. The van der Waals surface area contributed by atoms with Gasteiger partial charge in [0, 0.05) is 16.6 Å². The van der Waals surface area contributed by atoms with Gasteiger partial charge in [-0.15, -0.1) is 0 Å². The highest BCUT2D eigenvalue weighted by atomic mass is 79.9. The van der Waals surface area contributed by atoms with Crippen molar-refractivity contribution >= 4 is 27.5 Å². The Morgan fingerprint density at radius 3 is 2.67 bits per heavy atom. The second-order valence-corrected chi connectivity index (χ2v) is 5.52. The average Bonchev–Trinajstić information content (AvgIpc) is 2.67. The molecule has 0 fully saturated rings. The predicted molar refractivity (Wildman–Crippen MR) is 70.7 cm³/mol. The molecule has 1 aliphatic rings. The zero-order valence-electron chi connectivity index (χ0n) is 10.6. The lowest BCUT2D eigenvalue weighted by Gasteiger charge is -2.32. The van der Waals surface area contributed by atoms with Crippen LogP contribution in [0.15, 0.2) is 27.8 Å². The van der Waals surface area contributed by atoms with E-state index in [-0.39, 0.29) is 10.7 Å². The number of benzene rings is 1. The summed E-state index contributed by atoms with van der Waals surface area (Å²) in [5.74, 6) is -1.75. The molecule has 0 aliphatic carbocycles. The number of phenolic OH excluding ortho intramolecular Hbond substituents is 1. The van der Waals surface area contributed by atoms with E-state index in [2.05, 4.69) is 21.0 Å². The van der Waals surface area contributed by atoms with Gasteiger partial charge in [-0.1, -0.05) is 15.9 Å². The van der Waals surface area contributed by atoms with E-state index in [1.165, 1.54) is 13.0 Å². The highest BCUT2D eigenvalue weighted by Gasteiger charge is 2.62. The molecule has 0 aromatic heterocycles. The Hall–Kier alpha value is -1.61. The van der Waals surface area contributed by atoms with Crippen molar-refractivity contribution in [3.05, 3.63) is 28.2 Å². The minimum Gasteiger partial charge on any atom is -0.507 e. The maximum absolute atomic E-state index is 13.0. The Morgan fingerprint density at radius 1 is 1.48 bits per heavy atom. The van der Waals surface area contributed by atoms with E-state index in [4.69, 9.17) is 0 Å². The van der Waals surface area contributed by atoms with Gasteiger partial charge in [-0.2, -0.15) is 23.3 Å². The van der Waals surface area contributed by atoms with Crippen LogP contribution < -0.4 is 0 Å². The molecule has 2 rings (SSSR count). The first kappa shape index (κ1) is 15.8. The maximum Gasteiger partial charge on any atom is 0.438 e. The van der Waals surface area contributed by atoms with Gasteiger partial charge in [0.1, 0.15) is 5.75 Å². The summed E-state index contributed by atoms with van der Waals surface area (Å²) < 4.78 is 39.5. The van der Waals surface area contributed by atoms with E-state index in [1.54, 1.807) is 0 Å². The molecule has 1 aliphatic heterocycles. The summed E-state index contributed by atoms with van der Waals surface area (Å²) in [6, 6.07) is 3.72. The van der Waals surface area contributed by atoms with Crippen molar-refractivity contribution in [3.8, 4) is 5.75 Å². The van der Waals surface area contributed by atoms with Crippen molar-refractivity contribution in [1.82, 2.24) is 5.01 Å². The minimum atomic E-state index is -5.08. The molecule has 1 unspecified atom stereocenters. The van der Waals surface area contributed by atoms with Gasteiger partial charge < -0.3 is 10.2 Å². The van der Waals surface area contributed by atoms with E-state index < -0.39 is 35.5 Å². The molecule has 1 atom stereocenters. The molecule has 1 heterocycles. The number of carbonyl (C=O) groups excluding carboxylic acids is 1. The predicted octanol–water partition coefficient (Wildman–Crippen LogP) is 2.63. The fraction of sp³-hybridized carbons (Fsp3) is 0.333. The van der Waals surface area contributed by atoms with Gasteiger partial charge in [0.2, 0.25) is 0 Å². The van der Waals surface area contributed by atoms with Crippen LogP contribution in [0, 0.1) is 0 Å². The molecule has 0 saturated heterocycles. The standard InChI is InChI=1S/C12H10BrF3N2O3/c1-6-5-11(21,12(14,15)16)18(17-6)10(20)8-4-7(13)2-3-9(8)19/h2-4,19,21H,5H2,1H3. The topological polar surface area (TPSA) is 73.1 Å². The van der Waals surface area contributed by atoms with E-state index >= 15 is 0 Å². The Labute approximate surface area is 125 Å². The zero-order chi connectivity index (χ0) is 16.0. The summed E-state index contributed by atoms with van der Waals surface area (Å²) in [7, 11) is 0. The van der Waals surface area contributed by atoms with Gasteiger partial charge in [-0.3, -0.25) is 4.79 Å². The van der Waals surface area contributed by atoms with E-state index in [0.717, 1.165) is 12.1 Å². The Kier molecular flexibility index (Phi) is 3.75. The maximum atomic E-state index is 13.0. The molecular formula is C12H10BrF3N2O3. The number of hydrazone groups is 1. The second-order valence-electron chi connectivity index (χ2n) is 4.60. The monoisotopic (exact) mass is 366 g/mol. The third-order valence-corrected chi connectivity index (χ3v) is 3.45. The van der Waals surface area contributed by atoms with E-state index in [0.29, 0.717) is 4.47 Å². The van der Waals surface area contributed by atoms with Crippen molar-refractivity contribution in [2.24, 2.45) is 5.10 Å². The second kappa shape index (κ2) is 4.99. The van der Waals surface area contributed by atoms with Crippen LogP contribution >= 0.6 is 15.9 Å². The van der Waals surface area contributed by atoms with E-state index in [1.807, 2.05) is 0 Å². The summed E-state index contributed by atoms with van der Waals surface area (Å²) in [4.78, 5) is 12.2. The number of amides is 1. The fourth-order valence-electron chi connectivity index (χ4n) is 1.95. The molecule has 1 aromatic rings. The molecule has 5 nitrogen and oxygen atoms in total. The number of alkyl halides is 3. The molecule has 9 heteroatoms. The average molecular weight is 367 g/mol. The first-order valence-electron chi connectivity index (χ1n) is 5.72. The number of nitrogens with zero attached hydrogens (tertiary/aromatic N) is 2. The normalized spacial score (nSPS) is 22.4. The molecular weight excluding hydrogens is 357 g/mol. The lowest BCUT2D eigenvalue weighted by Crippen LogP contribution is -2.56. The van der Waals surface area contributed by atoms with Crippen LogP contribution in [0.5, 0.6) is 5.75 Å². The summed E-state index contributed by atoms with van der Waals surface area (Å²) in [5, 5.41) is 22.9. The molecule has 0 radical (unpaired) electrons. The molecule has 0 bridgehead atoms. The first-order chi connectivity index (χ1) is 9.56. The van der Waals surface area contributed by atoms with Crippen LogP contribution in [0.1, 0.15) is 23.7 Å². The number of aromatic hydroxyl groups is 1. The molecule has 1 aromatic carbocycles. The summed E-state index contributed by atoms with van der Waals surface area (Å²) in [6.45, 7) is 1.27. The van der Waals surface area contributed by atoms with Crippen LogP contribution in [-0.2, 0) is 0 Å². The number of hydrogen-bond donors (Lipinski definition) is 2. The van der Waals surface area contributed by atoms with Crippen LogP contribution in [0.25, 0.3) is 0 Å². The molecule has 0 saturated carbocycles. The molecule has 2 N–H and O–H groups in total. The summed E-state index contributed by atoms with van der Waals surface area (Å²) in [6.07, 6.45) is -5.91. The van der Waals surface area contributed by atoms with Gasteiger partial charge in [0.05, 0.1) is 5.56 Å². The quantitative estimate of drug-likeness (QED) is 0.802. The number of hydrogen-bond acceptors (Lipinski definition) is 4. The lowest BCUT2D eigenvalue weighted by molar-refractivity contribution is -0.297. The van der Waals surface area contributed by atoms with Crippen LogP contribution in [-0.4, -0.2) is 38.7 Å². The third-order valence-electron chi connectivity index (χ3n) is 2.96. The van der Waals surface area contributed by atoms with Crippen molar-refractivity contribution in [3.63, 3.8) is 0 Å². The number of halogens is 4. The zero-order valence-corrected chi connectivity index (χ0v) is 12.2. The molecule has 1 amide bonds. The lowest BCUT2D eigenvalue weighted by atomic mass is 10.1. The van der Waals surface area contributed by atoms with Crippen LogP contribution in [0.3, 0.4) is 0 Å². The largest absolute Gasteiger partial charge is 0.507 e. The van der Waals surface area contributed by atoms with Crippen molar-refractivity contribution < 1.29 is 28.2 Å². The van der Waals surface area contributed by atoms with Crippen molar-refractivity contribution in [2.45, 2.75) is 25.2 Å². The van der Waals surface area contributed by atoms with E-state index in [9.17, 15) is 28.2 Å². The fourth-order valence-corrected chi connectivity index (χ4v) is 2.31. The van der Waals surface area contributed by atoms with Crippen molar-refractivity contribution in [1.29, 1.82) is 0 Å². The first-order valence-corrected chi connectivity index (χ1v) is 6.52. The number of aliphatic hydroxyl groups is 1. The minimum absolute atomic E-state index is 0.0379. The van der Waals surface area contributed by atoms with Gasteiger partial charge in [0.15, 0.2) is 0 Å². The van der Waals surface area contributed by atoms with Gasteiger partial charge in [-0.25, -0.2) is 0 Å². The number of phenols is 1. The van der Waals surface area contributed by atoms with Gasteiger partial charge in [-0.05, 0) is 25.1 Å². The smallest absolute Gasteiger partial charge is 0.438 e. The number of rotatable bonds is 1. The van der Waals surface area contributed by atoms with Crippen LogP contribution in [0.4, 0.5) is 13.2 Å². The highest BCUT2D eigenvalue weighted by Crippen LogP contribution is 2.41. The number of carbonyl (C=O) groups is 1. The highest BCUT2D eigenvalue weighted by molar-refractivity contribution is 9.10. The van der Waals surface area contributed by atoms with Gasteiger partial charge >= 0.3 is 6.18 Å². The third kappa shape index (κ3) is 2.62.